The van der Waals surface area contributed by atoms with Crippen LogP contribution in [0, 0.1) is 0 Å². The summed E-state index contributed by atoms with van der Waals surface area (Å²) < 4.78 is 15.3. The van der Waals surface area contributed by atoms with Gasteiger partial charge in [-0.05, 0) is 0 Å². The van der Waals surface area contributed by atoms with Crippen LogP contribution in [0.25, 0.3) is 0 Å². The molecule has 0 saturated carbocycles. The molecule has 0 aromatic rings. The monoisotopic (exact) mass is 130 g/mol. The van der Waals surface area contributed by atoms with Crippen LogP contribution in [-0.4, -0.2) is 38.6 Å². The van der Waals surface area contributed by atoms with Crippen LogP contribution < -0.4 is 0 Å². The van der Waals surface area contributed by atoms with Crippen molar-refractivity contribution in [2.24, 2.45) is 0 Å². The predicted octanol–water partition coefficient (Wildman–Crippen LogP) is -0.201. The Kier molecular flexibility index (Phi) is 1.22. The molecule has 2 unspecified atom stereocenters. The molecule has 0 amide bonds. The van der Waals surface area contributed by atoms with Crippen LogP contribution >= 0.6 is 0 Å². The fourth-order valence-corrected chi connectivity index (χ4v) is 1.03. The van der Waals surface area contributed by atoms with Crippen molar-refractivity contribution in [3.8, 4) is 0 Å². The van der Waals surface area contributed by atoms with Gasteiger partial charge in [-0.15, -0.1) is 0 Å². The van der Waals surface area contributed by atoms with Crippen LogP contribution in [0.4, 0.5) is 0 Å². The zero-order chi connectivity index (χ0) is 6.27. The first-order valence-corrected chi connectivity index (χ1v) is 3.18. The fraction of sp³-hybridized carbons (Fsp3) is 1.00. The van der Waals surface area contributed by atoms with E-state index in [4.69, 9.17) is 14.2 Å². The van der Waals surface area contributed by atoms with Gasteiger partial charge in [0.1, 0.15) is 18.3 Å². The lowest BCUT2D eigenvalue weighted by Gasteiger charge is -2.06. The van der Waals surface area contributed by atoms with Gasteiger partial charge in [0.2, 0.25) is 0 Å². The molecule has 2 fully saturated rings. The zero-order valence-corrected chi connectivity index (χ0v) is 5.37. The molecule has 0 spiro atoms. The summed E-state index contributed by atoms with van der Waals surface area (Å²) in [5.41, 5.74) is 0. The molecule has 3 nitrogen and oxygen atoms in total. The van der Waals surface area contributed by atoms with E-state index < -0.39 is 0 Å². The summed E-state index contributed by atoms with van der Waals surface area (Å²) in [6, 6.07) is 0. The molecule has 2 aliphatic rings. The van der Waals surface area contributed by atoms with Gasteiger partial charge >= 0.3 is 0 Å². The molecule has 0 aliphatic carbocycles. The summed E-state index contributed by atoms with van der Waals surface area (Å²) in [5, 5.41) is 0. The molecule has 2 saturated heterocycles. The molecule has 0 aromatic carbocycles. The molecule has 2 atom stereocenters. The van der Waals surface area contributed by atoms with Crippen molar-refractivity contribution in [3.63, 3.8) is 0 Å². The predicted molar refractivity (Wildman–Crippen MR) is 30.3 cm³/mol. The number of methoxy groups -OCH3 is 1. The third-order valence-electron chi connectivity index (χ3n) is 1.72. The minimum Gasteiger partial charge on any atom is -0.376 e. The molecule has 2 aliphatic heterocycles. The van der Waals surface area contributed by atoms with E-state index >= 15 is 0 Å². The maximum atomic E-state index is 5.15. The van der Waals surface area contributed by atoms with Crippen molar-refractivity contribution in [2.75, 3.05) is 20.3 Å². The van der Waals surface area contributed by atoms with Gasteiger partial charge in [0.25, 0.3) is 0 Å². The van der Waals surface area contributed by atoms with Gasteiger partial charge in [-0.2, -0.15) is 0 Å². The highest BCUT2D eigenvalue weighted by molar-refractivity contribution is 4.91. The molecule has 3 heteroatoms. The van der Waals surface area contributed by atoms with Crippen molar-refractivity contribution < 1.29 is 14.2 Å². The third kappa shape index (κ3) is 1.08. The summed E-state index contributed by atoms with van der Waals surface area (Å²) in [7, 11) is 1.70. The van der Waals surface area contributed by atoms with Gasteiger partial charge in [-0.3, -0.25) is 0 Å². The van der Waals surface area contributed by atoms with Gasteiger partial charge in [0, 0.05) is 7.11 Å². The first kappa shape index (κ1) is 5.65. The van der Waals surface area contributed by atoms with Crippen LogP contribution in [-0.2, 0) is 14.2 Å². The summed E-state index contributed by atoms with van der Waals surface area (Å²) >= 11 is 0. The summed E-state index contributed by atoms with van der Waals surface area (Å²) in [6.45, 7) is 1.69. The van der Waals surface area contributed by atoms with Gasteiger partial charge in [0.05, 0.1) is 13.2 Å². The largest absolute Gasteiger partial charge is 0.376 e. The maximum Gasteiger partial charge on any atom is 0.114 e. The van der Waals surface area contributed by atoms with E-state index in [1.165, 1.54) is 0 Å². The summed E-state index contributed by atoms with van der Waals surface area (Å²) in [4.78, 5) is 0. The molecule has 9 heavy (non-hydrogen) atoms. The first-order chi connectivity index (χ1) is 4.42. The Labute approximate surface area is 53.9 Å². The van der Waals surface area contributed by atoms with Gasteiger partial charge < -0.3 is 14.2 Å². The number of hydrogen-bond acceptors (Lipinski definition) is 3. The second-order valence-corrected chi connectivity index (χ2v) is 2.44. The Bertz CT molecular complexity index is 94.9. The number of ether oxygens (including phenoxy) is 3. The Balaban J connectivity index is 1.85. The highest BCUT2D eigenvalue weighted by atomic mass is 16.6. The number of hydrogen-bond donors (Lipinski definition) is 0. The first-order valence-electron chi connectivity index (χ1n) is 3.18. The van der Waals surface area contributed by atoms with Gasteiger partial charge in [0.15, 0.2) is 0 Å². The van der Waals surface area contributed by atoms with E-state index in [1.807, 2.05) is 0 Å². The highest BCUT2D eigenvalue weighted by Gasteiger charge is 2.44. The molecule has 0 aromatic heterocycles. The Morgan fingerprint density at radius 2 is 1.78 bits per heavy atom. The van der Waals surface area contributed by atoms with Crippen LogP contribution in [0.2, 0.25) is 0 Å². The van der Waals surface area contributed by atoms with Crippen LogP contribution in [0.5, 0.6) is 0 Å². The van der Waals surface area contributed by atoms with Crippen molar-refractivity contribution in [2.45, 2.75) is 18.3 Å². The zero-order valence-electron chi connectivity index (χ0n) is 5.37. The molecule has 52 valence electrons. The van der Waals surface area contributed by atoms with E-state index in [2.05, 4.69) is 0 Å². The van der Waals surface area contributed by atoms with Crippen molar-refractivity contribution in [1.82, 2.24) is 0 Å². The van der Waals surface area contributed by atoms with Crippen molar-refractivity contribution in [3.05, 3.63) is 0 Å². The minimum absolute atomic E-state index is 0.199. The lowest BCUT2D eigenvalue weighted by Crippen LogP contribution is -2.24. The summed E-state index contributed by atoms with van der Waals surface area (Å²) in [6.07, 6.45) is 0.843. The molecule has 2 rings (SSSR count). The van der Waals surface area contributed by atoms with Gasteiger partial charge in [-0.25, -0.2) is 0 Å². The number of rotatable bonds is 3. The van der Waals surface area contributed by atoms with Crippen molar-refractivity contribution >= 4 is 0 Å². The average molecular weight is 130 g/mol. The number of epoxide rings is 2. The third-order valence-corrected chi connectivity index (χ3v) is 1.72. The Morgan fingerprint density at radius 1 is 1.33 bits per heavy atom. The van der Waals surface area contributed by atoms with E-state index in [0.29, 0.717) is 12.2 Å². The highest BCUT2D eigenvalue weighted by Crippen LogP contribution is 2.26. The molecule has 0 bridgehead atoms. The van der Waals surface area contributed by atoms with E-state index in [1.54, 1.807) is 7.11 Å². The topological polar surface area (TPSA) is 34.3 Å². The van der Waals surface area contributed by atoms with Crippen LogP contribution in [0.1, 0.15) is 0 Å². The second kappa shape index (κ2) is 1.94. The van der Waals surface area contributed by atoms with E-state index in [9.17, 15) is 0 Å². The van der Waals surface area contributed by atoms with E-state index in [0.717, 1.165) is 13.2 Å². The lowest BCUT2D eigenvalue weighted by molar-refractivity contribution is 0.0529. The second-order valence-electron chi connectivity index (χ2n) is 2.44. The molecule has 0 N–H and O–H groups in total. The summed E-state index contributed by atoms with van der Waals surface area (Å²) in [5.74, 6) is 0. The Hall–Kier alpha value is -0.120. The maximum absolute atomic E-state index is 5.15. The Morgan fingerprint density at radius 3 is 2.00 bits per heavy atom. The standard InChI is InChI=1S/C6H10O3/c1-7-6(4-2-8-4)5-3-9-5/h4-6H,2-3H2,1H3. The lowest BCUT2D eigenvalue weighted by atomic mass is 10.2. The van der Waals surface area contributed by atoms with Gasteiger partial charge in [-0.1, -0.05) is 0 Å². The molecule has 0 radical (unpaired) electrons. The SMILES string of the molecule is COC(C1CO1)C1CO1. The molecular weight excluding hydrogens is 120 g/mol. The van der Waals surface area contributed by atoms with Crippen molar-refractivity contribution in [1.29, 1.82) is 0 Å². The normalized spacial score (nSPS) is 42.3. The average Bonchev–Trinajstić information content (AvgIpc) is 2.61. The van der Waals surface area contributed by atoms with Crippen LogP contribution in [0.3, 0.4) is 0 Å². The smallest absolute Gasteiger partial charge is 0.114 e. The molecular formula is C6H10O3. The van der Waals surface area contributed by atoms with E-state index in [-0.39, 0.29) is 6.10 Å². The minimum atomic E-state index is 0.199. The molecule has 2 heterocycles. The fourth-order valence-electron chi connectivity index (χ4n) is 1.03. The van der Waals surface area contributed by atoms with Crippen LogP contribution in [0.15, 0.2) is 0 Å². The quantitative estimate of drug-likeness (QED) is 0.496.